The second kappa shape index (κ2) is 7.97. The molecule has 110 valence electrons. The van der Waals surface area contributed by atoms with Crippen molar-refractivity contribution in [2.45, 2.75) is 0 Å². The third kappa shape index (κ3) is 5.34. The highest BCUT2D eigenvalue weighted by molar-refractivity contribution is 9.10. The molecule has 0 atom stereocenters. The maximum absolute atomic E-state index is 11.9. The molecule has 0 saturated heterocycles. The molecule has 0 aliphatic carbocycles. The SMILES string of the molecule is Cl.Nc1ccc(NC(=S)NC(=O)c2ccc(Br)cc2)cc1. The average Bonchev–Trinajstić information content (AvgIpc) is 2.42. The van der Waals surface area contributed by atoms with Gasteiger partial charge in [0.1, 0.15) is 0 Å². The van der Waals surface area contributed by atoms with Gasteiger partial charge in [-0.05, 0) is 60.7 Å². The third-order valence-electron chi connectivity index (χ3n) is 2.50. The van der Waals surface area contributed by atoms with E-state index in [1.165, 1.54) is 0 Å². The molecule has 0 radical (unpaired) electrons. The van der Waals surface area contributed by atoms with E-state index in [0.29, 0.717) is 11.3 Å². The molecule has 0 aromatic heterocycles. The minimum Gasteiger partial charge on any atom is -0.399 e. The van der Waals surface area contributed by atoms with Gasteiger partial charge < -0.3 is 11.1 Å². The summed E-state index contributed by atoms with van der Waals surface area (Å²) in [6.45, 7) is 0. The van der Waals surface area contributed by atoms with Crippen LogP contribution in [-0.4, -0.2) is 11.0 Å². The summed E-state index contributed by atoms with van der Waals surface area (Å²) in [4.78, 5) is 11.9. The molecule has 0 heterocycles. The largest absolute Gasteiger partial charge is 0.399 e. The number of nitrogens with one attached hydrogen (secondary N) is 2. The summed E-state index contributed by atoms with van der Waals surface area (Å²) >= 11 is 8.40. The van der Waals surface area contributed by atoms with Crippen molar-refractivity contribution in [3.05, 3.63) is 58.6 Å². The Hall–Kier alpha value is -1.63. The molecule has 0 bridgehead atoms. The summed E-state index contributed by atoms with van der Waals surface area (Å²) in [7, 11) is 0. The first kappa shape index (κ1) is 17.4. The summed E-state index contributed by atoms with van der Waals surface area (Å²) in [5, 5.41) is 5.77. The highest BCUT2D eigenvalue weighted by atomic mass is 79.9. The van der Waals surface area contributed by atoms with Gasteiger partial charge in [-0.25, -0.2) is 0 Å². The molecule has 7 heteroatoms. The zero-order valence-electron chi connectivity index (χ0n) is 10.8. The van der Waals surface area contributed by atoms with Gasteiger partial charge in [0, 0.05) is 21.4 Å². The second-order valence-electron chi connectivity index (χ2n) is 4.04. The number of benzene rings is 2. The number of hydrogen-bond acceptors (Lipinski definition) is 3. The van der Waals surface area contributed by atoms with E-state index in [1.807, 2.05) is 0 Å². The molecule has 2 aromatic carbocycles. The maximum Gasteiger partial charge on any atom is 0.257 e. The van der Waals surface area contributed by atoms with E-state index in [-0.39, 0.29) is 23.4 Å². The van der Waals surface area contributed by atoms with Gasteiger partial charge in [0.25, 0.3) is 5.91 Å². The zero-order chi connectivity index (χ0) is 14.5. The van der Waals surface area contributed by atoms with Crippen molar-refractivity contribution in [3.63, 3.8) is 0 Å². The minimum atomic E-state index is -0.259. The van der Waals surface area contributed by atoms with Gasteiger partial charge in [-0.1, -0.05) is 15.9 Å². The van der Waals surface area contributed by atoms with Gasteiger partial charge in [0.05, 0.1) is 0 Å². The van der Waals surface area contributed by atoms with E-state index >= 15 is 0 Å². The predicted molar refractivity (Wildman–Crippen MR) is 95.9 cm³/mol. The molecule has 0 aliphatic rings. The number of amides is 1. The summed E-state index contributed by atoms with van der Waals surface area (Å²) in [6.07, 6.45) is 0. The van der Waals surface area contributed by atoms with E-state index in [2.05, 4.69) is 26.6 Å². The number of thiocarbonyl (C=S) groups is 1. The van der Waals surface area contributed by atoms with Crippen molar-refractivity contribution >= 4 is 62.9 Å². The monoisotopic (exact) mass is 385 g/mol. The van der Waals surface area contributed by atoms with Crippen LogP contribution in [-0.2, 0) is 0 Å². The summed E-state index contributed by atoms with van der Waals surface area (Å²) < 4.78 is 0.914. The van der Waals surface area contributed by atoms with E-state index in [1.54, 1.807) is 48.5 Å². The summed E-state index contributed by atoms with van der Waals surface area (Å²) in [6, 6.07) is 14.1. The first-order valence-electron chi connectivity index (χ1n) is 5.78. The highest BCUT2D eigenvalue weighted by Gasteiger charge is 2.07. The number of anilines is 2. The van der Waals surface area contributed by atoms with Gasteiger partial charge in [0.15, 0.2) is 5.11 Å². The Bertz CT molecular complexity index is 632. The standard InChI is InChI=1S/C14H12BrN3OS.ClH/c15-10-3-1-9(2-4-10)13(19)18-14(20)17-12-7-5-11(16)6-8-12;/h1-8H,16H2,(H2,17,18,19,20);1H. The Kier molecular flexibility index (Phi) is 6.61. The van der Waals surface area contributed by atoms with Crippen LogP contribution < -0.4 is 16.4 Å². The van der Waals surface area contributed by atoms with Crippen molar-refractivity contribution in [1.29, 1.82) is 0 Å². The van der Waals surface area contributed by atoms with E-state index < -0.39 is 0 Å². The Morgan fingerprint density at radius 2 is 1.62 bits per heavy atom. The number of nitrogen functional groups attached to an aromatic ring is 1. The van der Waals surface area contributed by atoms with E-state index in [0.717, 1.165) is 10.2 Å². The number of carbonyl (C=O) groups excluding carboxylic acids is 1. The van der Waals surface area contributed by atoms with E-state index in [9.17, 15) is 4.79 Å². The van der Waals surface area contributed by atoms with Crippen LogP contribution >= 0.6 is 40.6 Å². The Morgan fingerprint density at radius 1 is 1.05 bits per heavy atom. The summed E-state index contributed by atoms with van der Waals surface area (Å²) in [5.41, 5.74) is 7.56. The summed E-state index contributed by atoms with van der Waals surface area (Å²) in [5.74, 6) is -0.259. The van der Waals surface area contributed by atoms with Crippen LogP contribution in [0.4, 0.5) is 11.4 Å². The van der Waals surface area contributed by atoms with Crippen LogP contribution in [0.3, 0.4) is 0 Å². The number of hydrogen-bond donors (Lipinski definition) is 3. The molecule has 0 saturated carbocycles. The lowest BCUT2D eigenvalue weighted by Gasteiger charge is -2.09. The molecule has 21 heavy (non-hydrogen) atoms. The van der Waals surface area contributed by atoms with Gasteiger partial charge in [-0.2, -0.15) is 0 Å². The lowest BCUT2D eigenvalue weighted by Crippen LogP contribution is -2.34. The van der Waals surface area contributed by atoms with Crippen LogP contribution in [0.1, 0.15) is 10.4 Å². The predicted octanol–water partition coefficient (Wildman–Crippen LogP) is 3.58. The molecule has 1 amide bonds. The normalized spacial score (nSPS) is 9.38. The first-order chi connectivity index (χ1) is 9.54. The third-order valence-corrected chi connectivity index (χ3v) is 3.23. The molecule has 2 rings (SSSR count). The molecule has 4 N–H and O–H groups in total. The number of halogens is 2. The molecular formula is C14H13BrClN3OS. The van der Waals surface area contributed by atoms with E-state index in [4.69, 9.17) is 18.0 Å². The van der Waals surface area contributed by atoms with Crippen LogP contribution in [0.15, 0.2) is 53.0 Å². The molecular weight excluding hydrogens is 374 g/mol. The van der Waals surface area contributed by atoms with Gasteiger partial charge >= 0.3 is 0 Å². The van der Waals surface area contributed by atoms with Crippen molar-refractivity contribution in [1.82, 2.24) is 5.32 Å². The lowest BCUT2D eigenvalue weighted by atomic mass is 10.2. The van der Waals surface area contributed by atoms with Crippen LogP contribution in [0.2, 0.25) is 0 Å². The van der Waals surface area contributed by atoms with Crippen LogP contribution in [0, 0.1) is 0 Å². The second-order valence-corrected chi connectivity index (χ2v) is 5.36. The average molecular weight is 387 g/mol. The van der Waals surface area contributed by atoms with Crippen molar-refractivity contribution in [2.75, 3.05) is 11.1 Å². The highest BCUT2D eigenvalue weighted by Crippen LogP contribution is 2.11. The number of nitrogens with two attached hydrogens (primary N) is 1. The quantitative estimate of drug-likeness (QED) is 0.545. The molecule has 0 fully saturated rings. The Balaban J connectivity index is 0.00000220. The number of rotatable bonds is 2. The molecule has 2 aromatic rings. The zero-order valence-corrected chi connectivity index (χ0v) is 14.0. The lowest BCUT2D eigenvalue weighted by molar-refractivity contribution is 0.0977. The van der Waals surface area contributed by atoms with Crippen molar-refractivity contribution in [2.24, 2.45) is 0 Å². The fourth-order valence-electron chi connectivity index (χ4n) is 1.51. The number of carbonyl (C=O) groups is 1. The van der Waals surface area contributed by atoms with Crippen molar-refractivity contribution < 1.29 is 4.79 Å². The minimum absolute atomic E-state index is 0. The van der Waals surface area contributed by atoms with Gasteiger partial charge in [-0.15, -0.1) is 12.4 Å². The van der Waals surface area contributed by atoms with Gasteiger partial charge in [-0.3, -0.25) is 10.1 Å². The Morgan fingerprint density at radius 3 is 2.19 bits per heavy atom. The molecule has 0 unspecified atom stereocenters. The molecule has 0 aliphatic heterocycles. The molecule has 0 spiro atoms. The van der Waals surface area contributed by atoms with Gasteiger partial charge in [0.2, 0.25) is 0 Å². The Labute approximate surface area is 142 Å². The van der Waals surface area contributed by atoms with Crippen molar-refractivity contribution in [3.8, 4) is 0 Å². The topological polar surface area (TPSA) is 67.2 Å². The fourth-order valence-corrected chi connectivity index (χ4v) is 1.98. The van der Waals surface area contributed by atoms with Crippen LogP contribution in [0.25, 0.3) is 0 Å². The smallest absolute Gasteiger partial charge is 0.257 e. The fraction of sp³-hybridized carbons (Fsp3) is 0. The van der Waals surface area contributed by atoms with Crippen LogP contribution in [0.5, 0.6) is 0 Å². The molecule has 4 nitrogen and oxygen atoms in total. The first-order valence-corrected chi connectivity index (χ1v) is 6.98. The maximum atomic E-state index is 11.9.